The Bertz CT molecular complexity index is 537. The molecule has 0 bridgehead atoms. The lowest BCUT2D eigenvalue weighted by atomic mass is 10.0. The van der Waals surface area contributed by atoms with Crippen LogP contribution in [-0.2, 0) is 13.5 Å². The molecule has 1 unspecified atom stereocenters. The first-order valence-electron chi connectivity index (χ1n) is 5.71. The van der Waals surface area contributed by atoms with E-state index in [0.717, 1.165) is 11.8 Å². The zero-order chi connectivity index (χ0) is 13.1. The maximum Gasteiger partial charge on any atom is 0.162 e. The lowest BCUT2D eigenvalue weighted by Gasteiger charge is -2.14. The second-order valence-electron chi connectivity index (χ2n) is 4.17. The summed E-state index contributed by atoms with van der Waals surface area (Å²) in [5.74, 6) is -1.60. The summed E-state index contributed by atoms with van der Waals surface area (Å²) >= 11 is 0. The van der Waals surface area contributed by atoms with Crippen LogP contribution in [0.25, 0.3) is 0 Å². The second-order valence-corrected chi connectivity index (χ2v) is 4.17. The van der Waals surface area contributed by atoms with E-state index in [-0.39, 0.29) is 6.04 Å². The van der Waals surface area contributed by atoms with Crippen molar-refractivity contribution >= 4 is 0 Å². The van der Waals surface area contributed by atoms with Gasteiger partial charge in [-0.05, 0) is 31.2 Å². The van der Waals surface area contributed by atoms with E-state index in [2.05, 4.69) is 10.4 Å². The number of benzene rings is 1. The molecule has 1 N–H and O–H groups in total. The number of halogens is 2. The highest BCUT2D eigenvalue weighted by molar-refractivity contribution is 5.22. The summed E-state index contributed by atoms with van der Waals surface area (Å²) in [5.41, 5.74) is 1.16. The highest BCUT2D eigenvalue weighted by Gasteiger charge is 2.16. The fourth-order valence-corrected chi connectivity index (χ4v) is 1.90. The summed E-state index contributed by atoms with van der Waals surface area (Å²) in [5, 5.41) is 7.33. The molecule has 0 saturated heterocycles. The summed E-state index contributed by atoms with van der Waals surface area (Å²) in [7, 11) is 3.59. The predicted octanol–water partition coefficient (Wildman–Crippen LogP) is 2.20. The van der Waals surface area contributed by atoms with Crippen molar-refractivity contribution in [3.05, 3.63) is 53.4 Å². The molecule has 18 heavy (non-hydrogen) atoms. The molecule has 96 valence electrons. The van der Waals surface area contributed by atoms with Gasteiger partial charge in [-0.1, -0.05) is 12.1 Å². The van der Waals surface area contributed by atoms with Crippen LogP contribution in [0.4, 0.5) is 8.78 Å². The van der Waals surface area contributed by atoms with Crippen LogP contribution in [0.15, 0.2) is 30.5 Å². The summed E-state index contributed by atoms with van der Waals surface area (Å²) in [6, 6.07) is 5.94. The fourth-order valence-electron chi connectivity index (χ4n) is 1.90. The summed E-state index contributed by atoms with van der Waals surface area (Å²) < 4.78 is 28.4. The third kappa shape index (κ3) is 2.56. The molecule has 1 aromatic carbocycles. The first-order chi connectivity index (χ1) is 8.61. The first-order valence-corrected chi connectivity index (χ1v) is 5.71. The van der Waals surface area contributed by atoms with Crippen molar-refractivity contribution in [2.75, 3.05) is 7.05 Å². The molecule has 1 atom stereocenters. The molecule has 0 amide bonds. The number of nitrogens with zero attached hydrogens (tertiary/aromatic N) is 2. The van der Waals surface area contributed by atoms with E-state index in [1.54, 1.807) is 17.8 Å². The van der Waals surface area contributed by atoms with Crippen LogP contribution in [0.3, 0.4) is 0 Å². The molecule has 1 heterocycles. The highest BCUT2D eigenvalue weighted by atomic mass is 19.2. The van der Waals surface area contributed by atoms with Crippen molar-refractivity contribution in [1.82, 2.24) is 15.1 Å². The van der Waals surface area contributed by atoms with E-state index in [1.165, 1.54) is 6.07 Å². The van der Waals surface area contributed by atoms with Crippen LogP contribution >= 0.6 is 0 Å². The molecular weight excluding hydrogens is 236 g/mol. The van der Waals surface area contributed by atoms with Gasteiger partial charge in [0.25, 0.3) is 0 Å². The minimum absolute atomic E-state index is 0.137. The fraction of sp³-hybridized carbons (Fsp3) is 0.308. The number of rotatable bonds is 4. The minimum atomic E-state index is -0.816. The number of hydrogen-bond acceptors (Lipinski definition) is 2. The van der Waals surface area contributed by atoms with Gasteiger partial charge in [-0.15, -0.1) is 0 Å². The Hall–Kier alpha value is -1.75. The minimum Gasteiger partial charge on any atom is -0.311 e. The molecule has 0 aliphatic carbocycles. The van der Waals surface area contributed by atoms with Crippen LogP contribution < -0.4 is 5.32 Å². The topological polar surface area (TPSA) is 29.9 Å². The normalized spacial score (nSPS) is 12.7. The van der Waals surface area contributed by atoms with Crippen LogP contribution in [0.5, 0.6) is 0 Å². The Balaban J connectivity index is 2.23. The Morgan fingerprint density at radius 2 is 2.11 bits per heavy atom. The van der Waals surface area contributed by atoms with Crippen LogP contribution in [0.2, 0.25) is 0 Å². The van der Waals surface area contributed by atoms with Gasteiger partial charge in [0.15, 0.2) is 11.6 Å². The molecule has 2 aromatic rings. The van der Waals surface area contributed by atoms with Gasteiger partial charge in [0, 0.05) is 13.2 Å². The van der Waals surface area contributed by atoms with E-state index in [0.29, 0.717) is 12.0 Å². The van der Waals surface area contributed by atoms with Crippen molar-refractivity contribution in [2.24, 2.45) is 7.05 Å². The Kier molecular flexibility index (Phi) is 3.72. The Labute approximate surface area is 104 Å². The van der Waals surface area contributed by atoms with Gasteiger partial charge in [-0.2, -0.15) is 5.10 Å². The first kappa shape index (κ1) is 12.7. The SMILES string of the molecule is CNC(Cc1cccc(F)c1F)c1ccn(C)n1. The van der Waals surface area contributed by atoms with Gasteiger partial charge in [0.2, 0.25) is 0 Å². The summed E-state index contributed by atoms with van der Waals surface area (Å²) in [4.78, 5) is 0. The van der Waals surface area contributed by atoms with Gasteiger partial charge < -0.3 is 5.32 Å². The molecule has 0 saturated carbocycles. The van der Waals surface area contributed by atoms with Gasteiger partial charge in [0.1, 0.15) is 0 Å². The number of aryl methyl sites for hydroxylation is 1. The monoisotopic (exact) mass is 251 g/mol. The smallest absolute Gasteiger partial charge is 0.162 e. The molecular formula is C13H15F2N3. The van der Waals surface area contributed by atoms with Crippen molar-refractivity contribution < 1.29 is 8.78 Å². The van der Waals surface area contributed by atoms with Gasteiger partial charge in [-0.3, -0.25) is 4.68 Å². The number of nitrogens with one attached hydrogen (secondary N) is 1. The van der Waals surface area contributed by atoms with Crippen molar-refractivity contribution in [2.45, 2.75) is 12.5 Å². The molecule has 1 aromatic heterocycles. The zero-order valence-electron chi connectivity index (χ0n) is 10.3. The van der Waals surface area contributed by atoms with Gasteiger partial charge in [0.05, 0.1) is 11.7 Å². The predicted molar refractivity (Wildman–Crippen MR) is 65.1 cm³/mol. The third-order valence-corrected chi connectivity index (χ3v) is 2.90. The Morgan fingerprint density at radius 1 is 1.33 bits per heavy atom. The second kappa shape index (κ2) is 5.27. The molecule has 0 spiro atoms. The van der Waals surface area contributed by atoms with Crippen LogP contribution in [-0.4, -0.2) is 16.8 Å². The molecule has 5 heteroatoms. The Morgan fingerprint density at radius 3 is 2.72 bits per heavy atom. The third-order valence-electron chi connectivity index (χ3n) is 2.90. The molecule has 0 radical (unpaired) electrons. The molecule has 3 nitrogen and oxygen atoms in total. The number of aromatic nitrogens is 2. The van der Waals surface area contributed by atoms with Crippen LogP contribution in [0, 0.1) is 11.6 Å². The van der Waals surface area contributed by atoms with Gasteiger partial charge >= 0.3 is 0 Å². The van der Waals surface area contributed by atoms with E-state index in [9.17, 15) is 8.78 Å². The molecule has 0 aliphatic rings. The van der Waals surface area contributed by atoms with Crippen molar-refractivity contribution in [1.29, 1.82) is 0 Å². The van der Waals surface area contributed by atoms with E-state index >= 15 is 0 Å². The number of hydrogen-bond donors (Lipinski definition) is 1. The molecule has 0 fully saturated rings. The summed E-state index contributed by atoms with van der Waals surface area (Å²) in [6.07, 6.45) is 2.18. The average molecular weight is 251 g/mol. The van der Waals surface area contributed by atoms with Crippen molar-refractivity contribution in [3.8, 4) is 0 Å². The highest BCUT2D eigenvalue weighted by Crippen LogP contribution is 2.19. The van der Waals surface area contributed by atoms with E-state index in [4.69, 9.17) is 0 Å². The maximum absolute atomic E-state index is 13.6. The largest absolute Gasteiger partial charge is 0.311 e. The van der Waals surface area contributed by atoms with Crippen molar-refractivity contribution in [3.63, 3.8) is 0 Å². The lowest BCUT2D eigenvalue weighted by Crippen LogP contribution is -2.20. The van der Waals surface area contributed by atoms with Crippen LogP contribution in [0.1, 0.15) is 17.3 Å². The van der Waals surface area contributed by atoms with Gasteiger partial charge in [-0.25, -0.2) is 8.78 Å². The summed E-state index contributed by atoms with van der Waals surface area (Å²) in [6.45, 7) is 0. The quantitative estimate of drug-likeness (QED) is 0.902. The zero-order valence-corrected chi connectivity index (χ0v) is 10.3. The average Bonchev–Trinajstić information content (AvgIpc) is 2.78. The molecule has 0 aliphatic heterocycles. The standard InChI is InChI=1S/C13H15F2N3/c1-16-12(11-6-7-18(2)17-11)8-9-4-3-5-10(14)13(9)15/h3-7,12,16H,8H2,1-2H3. The van der Waals surface area contributed by atoms with E-state index < -0.39 is 11.6 Å². The van der Waals surface area contributed by atoms with E-state index in [1.807, 2.05) is 19.3 Å². The number of likely N-dealkylation sites (N-methyl/N-ethyl adjacent to an activating group) is 1. The maximum atomic E-state index is 13.6. The molecule has 2 rings (SSSR count). The lowest BCUT2D eigenvalue weighted by molar-refractivity contribution is 0.483.